The lowest BCUT2D eigenvalue weighted by Crippen LogP contribution is -2.49. The van der Waals surface area contributed by atoms with Crippen molar-refractivity contribution in [2.45, 2.75) is 43.8 Å². The van der Waals surface area contributed by atoms with Crippen molar-refractivity contribution >= 4 is 16.1 Å². The normalized spacial score (nSPS) is 47.0. The Hall–Kier alpha value is -1.39. The lowest BCUT2D eigenvalue weighted by molar-refractivity contribution is -0.147. The summed E-state index contributed by atoms with van der Waals surface area (Å²) in [6.45, 7) is 14.1. The first-order valence-corrected chi connectivity index (χ1v) is 7.84. The van der Waals surface area contributed by atoms with Gasteiger partial charge in [-0.15, -0.1) is 0 Å². The van der Waals surface area contributed by atoms with E-state index >= 15 is 0 Å². The van der Waals surface area contributed by atoms with Crippen LogP contribution in [0.15, 0.2) is 12.2 Å². The Kier molecular flexibility index (Phi) is 2.60. The average Bonchev–Trinajstić information content (AvgIpc) is 2.81. The maximum atomic E-state index is 12.2. The van der Waals surface area contributed by atoms with Gasteiger partial charge in [-0.05, 0) is 13.3 Å². The van der Waals surface area contributed by atoms with Gasteiger partial charge in [-0.3, -0.25) is 4.18 Å². The fourth-order valence-electron chi connectivity index (χ4n) is 3.95. The number of carbonyl (C=O) groups excluding carboxylic acids is 1. The van der Waals surface area contributed by atoms with Crippen LogP contribution in [0, 0.1) is 17.9 Å². The zero-order chi connectivity index (χ0) is 14.9. The molecule has 0 aromatic rings. The maximum absolute atomic E-state index is 12.2. The molecule has 0 aromatic carbocycles. The highest BCUT2D eigenvalue weighted by atomic mass is 32.2. The van der Waals surface area contributed by atoms with Crippen LogP contribution in [0.3, 0.4) is 0 Å². The molecule has 3 fully saturated rings. The van der Waals surface area contributed by atoms with Gasteiger partial charge in [-0.25, -0.2) is 11.4 Å². The van der Waals surface area contributed by atoms with Gasteiger partial charge in [0.15, 0.2) is 6.10 Å². The third-order valence-electron chi connectivity index (χ3n) is 4.73. The van der Waals surface area contributed by atoms with E-state index in [-0.39, 0.29) is 11.5 Å². The van der Waals surface area contributed by atoms with Crippen LogP contribution in [0.25, 0.3) is 4.85 Å². The maximum Gasteiger partial charge on any atom is 0.333 e. The third kappa shape index (κ3) is 1.46. The molecule has 2 saturated carbocycles. The van der Waals surface area contributed by atoms with Crippen molar-refractivity contribution in [3.63, 3.8) is 0 Å². The van der Waals surface area contributed by atoms with E-state index in [0.29, 0.717) is 6.42 Å². The number of hydrogen-bond donors (Lipinski definition) is 0. The summed E-state index contributed by atoms with van der Waals surface area (Å²) in [6, 6.07) is -0.573. The van der Waals surface area contributed by atoms with Gasteiger partial charge >= 0.3 is 5.97 Å². The van der Waals surface area contributed by atoms with E-state index in [9.17, 15) is 13.2 Å². The highest BCUT2D eigenvalue weighted by molar-refractivity contribution is 7.87. The standard InChI is InChI=1S/C13H15NO5S/c1-6(2)12(15)18-9-7-5-13(3)10(8(7)14-4)19-20(16,17)11(9)13/h7-11H,1,5H2,2-3H3. The summed E-state index contributed by atoms with van der Waals surface area (Å²) in [6.07, 6.45) is -0.894. The van der Waals surface area contributed by atoms with Crippen LogP contribution < -0.4 is 0 Å². The number of fused-ring (bicyclic) bond motifs is 1. The lowest BCUT2D eigenvalue weighted by atomic mass is 9.80. The van der Waals surface area contributed by atoms with Gasteiger partial charge in [-0.1, -0.05) is 13.5 Å². The van der Waals surface area contributed by atoms with E-state index in [2.05, 4.69) is 11.4 Å². The van der Waals surface area contributed by atoms with Crippen molar-refractivity contribution < 1.29 is 22.1 Å². The van der Waals surface area contributed by atoms with Crippen molar-refractivity contribution in [2.75, 3.05) is 0 Å². The topological polar surface area (TPSA) is 74.0 Å². The van der Waals surface area contributed by atoms with Crippen molar-refractivity contribution in [2.24, 2.45) is 11.3 Å². The van der Waals surface area contributed by atoms with Gasteiger partial charge in [0, 0.05) is 11.0 Å². The molecule has 108 valence electrons. The van der Waals surface area contributed by atoms with Crippen LogP contribution in [0.4, 0.5) is 0 Å². The second kappa shape index (κ2) is 3.83. The molecule has 6 nitrogen and oxygen atoms in total. The molecule has 1 heterocycles. The number of carbonyl (C=O) groups is 1. The molecule has 1 aliphatic heterocycles. The highest BCUT2D eigenvalue weighted by Crippen LogP contribution is 2.63. The van der Waals surface area contributed by atoms with Crippen molar-refractivity contribution in [1.82, 2.24) is 0 Å². The predicted molar refractivity (Wildman–Crippen MR) is 68.9 cm³/mol. The van der Waals surface area contributed by atoms with Crippen molar-refractivity contribution in [3.05, 3.63) is 23.6 Å². The average molecular weight is 297 g/mol. The monoisotopic (exact) mass is 297 g/mol. The third-order valence-corrected chi connectivity index (χ3v) is 6.64. The van der Waals surface area contributed by atoms with Gasteiger partial charge < -0.3 is 9.58 Å². The molecule has 2 bridgehead atoms. The molecule has 0 amide bonds. The van der Waals surface area contributed by atoms with E-state index in [1.807, 2.05) is 0 Å². The zero-order valence-corrected chi connectivity index (χ0v) is 12.0. The summed E-state index contributed by atoms with van der Waals surface area (Å²) in [5.41, 5.74) is -0.427. The van der Waals surface area contributed by atoms with E-state index in [4.69, 9.17) is 15.5 Å². The molecule has 6 unspecified atom stereocenters. The zero-order valence-electron chi connectivity index (χ0n) is 11.2. The number of nitrogens with zero attached hydrogens (tertiary/aromatic N) is 1. The van der Waals surface area contributed by atoms with Gasteiger partial charge in [0.25, 0.3) is 16.2 Å². The van der Waals surface area contributed by atoms with E-state index in [1.54, 1.807) is 6.92 Å². The van der Waals surface area contributed by atoms with E-state index in [0.717, 1.165) is 0 Å². The first-order valence-electron chi connectivity index (χ1n) is 6.37. The Morgan fingerprint density at radius 1 is 1.55 bits per heavy atom. The Balaban J connectivity index is 2.03. The fourth-order valence-corrected chi connectivity index (χ4v) is 6.17. The second-order valence-corrected chi connectivity index (χ2v) is 7.76. The Labute approximate surface area is 117 Å². The highest BCUT2D eigenvalue weighted by Gasteiger charge is 2.79. The van der Waals surface area contributed by atoms with Crippen LogP contribution in [0.2, 0.25) is 0 Å². The molecule has 3 rings (SSSR count). The first kappa shape index (κ1) is 13.6. The lowest BCUT2D eigenvalue weighted by Gasteiger charge is -2.30. The Bertz CT molecular complexity index is 648. The molecular weight excluding hydrogens is 282 g/mol. The van der Waals surface area contributed by atoms with Gasteiger partial charge in [0.1, 0.15) is 11.4 Å². The Morgan fingerprint density at radius 2 is 2.20 bits per heavy atom. The summed E-state index contributed by atoms with van der Waals surface area (Å²) >= 11 is 0. The molecule has 3 aliphatic rings. The number of hydrogen-bond acceptors (Lipinski definition) is 5. The molecule has 0 aromatic heterocycles. The van der Waals surface area contributed by atoms with Crippen molar-refractivity contribution in [1.29, 1.82) is 0 Å². The minimum absolute atomic E-state index is 0.213. The molecule has 6 atom stereocenters. The van der Waals surface area contributed by atoms with Gasteiger partial charge in [0.2, 0.25) is 0 Å². The SMILES string of the molecule is [C-]#[N+]C1C2CC3(C)C1OS(=O)(=O)C3C2OC(=O)C(=C)C. The van der Waals surface area contributed by atoms with Crippen molar-refractivity contribution in [3.8, 4) is 0 Å². The van der Waals surface area contributed by atoms with Crippen LogP contribution in [-0.2, 0) is 23.8 Å². The van der Waals surface area contributed by atoms with Crippen LogP contribution >= 0.6 is 0 Å². The number of rotatable bonds is 2. The summed E-state index contributed by atoms with van der Waals surface area (Å²) in [5, 5.41) is -0.869. The van der Waals surface area contributed by atoms with E-state index < -0.39 is 45.0 Å². The largest absolute Gasteiger partial charge is 0.457 e. The summed E-state index contributed by atoms with van der Waals surface area (Å²) in [7, 11) is -3.80. The molecular formula is C13H15NO5S. The molecule has 0 N–H and O–H groups in total. The molecule has 1 saturated heterocycles. The van der Waals surface area contributed by atoms with Gasteiger partial charge in [-0.2, -0.15) is 8.42 Å². The Morgan fingerprint density at radius 3 is 2.75 bits per heavy atom. The number of esters is 1. The van der Waals surface area contributed by atoms with Crippen LogP contribution in [0.1, 0.15) is 20.3 Å². The predicted octanol–water partition coefficient (Wildman–Crippen LogP) is 0.899. The quantitative estimate of drug-likeness (QED) is 0.328. The minimum atomic E-state index is -3.80. The minimum Gasteiger partial charge on any atom is -0.457 e. The van der Waals surface area contributed by atoms with E-state index in [1.165, 1.54) is 6.92 Å². The molecule has 0 radical (unpaired) electrons. The smallest absolute Gasteiger partial charge is 0.333 e. The molecule has 20 heavy (non-hydrogen) atoms. The first-order chi connectivity index (χ1) is 9.22. The summed E-state index contributed by atoms with van der Waals surface area (Å²) < 4.78 is 34.8. The van der Waals surface area contributed by atoms with Crippen LogP contribution in [-0.4, -0.2) is 37.9 Å². The summed E-state index contributed by atoms with van der Waals surface area (Å²) in [5.74, 6) is -0.901. The number of ether oxygens (including phenoxy) is 1. The molecule has 0 spiro atoms. The van der Waals surface area contributed by atoms with Crippen LogP contribution in [0.5, 0.6) is 0 Å². The molecule has 2 aliphatic carbocycles. The van der Waals surface area contributed by atoms with Gasteiger partial charge in [0.05, 0.1) is 5.92 Å². The fraction of sp³-hybridized carbons (Fsp3) is 0.692. The second-order valence-electron chi connectivity index (χ2n) is 6.07. The summed E-state index contributed by atoms with van der Waals surface area (Å²) in [4.78, 5) is 15.2. The molecule has 7 heteroatoms.